The number of aliphatic hydroxyl groups is 1. The largest absolute Gasteiger partial charge is 0.512 e. The van der Waals surface area contributed by atoms with Crippen molar-refractivity contribution in [2.24, 2.45) is 5.41 Å². The van der Waals surface area contributed by atoms with Crippen LogP contribution in [0.1, 0.15) is 41.5 Å². The molecule has 0 bridgehead atoms. The van der Waals surface area contributed by atoms with Crippen molar-refractivity contribution in [1.82, 2.24) is 0 Å². The third-order valence-corrected chi connectivity index (χ3v) is 2.02. The van der Waals surface area contributed by atoms with Gasteiger partial charge in [-0.2, -0.15) is 0 Å². The van der Waals surface area contributed by atoms with E-state index < -0.39 is 11.4 Å². The van der Waals surface area contributed by atoms with Crippen LogP contribution in [-0.2, 0) is 4.79 Å². The molecule has 0 rings (SSSR count). The Morgan fingerprint density at radius 3 is 1.85 bits per heavy atom. The maximum Gasteiger partial charge on any atom is 0.304 e. The Balaban J connectivity index is -0.000000500. The normalized spacial score (nSPS) is 13.1. The first-order valence-corrected chi connectivity index (χ1v) is 3.52. The summed E-state index contributed by atoms with van der Waals surface area (Å²) in [5.41, 5.74) is -0.675. The Kier molecular flexibility index (Phi) is 8.99. The molecule has 0 saturated carbocycles. The van der Waals surface area contributed by atoms with Crippen LogP contribution in [-0.4, -0.2) is 16.2 Å². The van der Waals surface area contributed by atoms with E-state index in [0.29, 0.717) is 6.42 Å². The first-order valence-electron chi connectivity index (χ1n) is 3.52. The highest BCUT2D eigenvalue weighted by Gasteiger charge is 2.28. The van der Waals surface area contributed by atoms with Gasteiger partial charge in [-0.05, 0) is 6.42 Å². The van der Waals surface area contributed by atoms with Crippen LogP contribution in [0.4, 0.5) is 0 Å². The Morgan fingerprint density at radius 1 is 1.38 bits per heavy atom. The average Bonchev–Trinajstić information content (AvgIpc) is 1.86. The minimum atomic E-state index is -0.912. The molecule has 0 heterocycles. The molecule has 1 unspecified atom stereocenters. The van der Waals surface area contributed by atoms with Crippen LogP contribution in [0.25, 0.3) is 0 Å². The molecule has 80 valence electrons. The number of rotatable bonds is 4. The minimum Gasteiger partial charge on any atom is -0.512 e. The monoisotopic (exact) mass is 190 g/mol. The molecule has 0 spiro atoms. The highest BCUT2D eigenvalue weighted by Crippen LogP contribution is 2.31. The van der Waals surface area contributed by atoms with Gasteiger partial charge < -0.3 is 10.2 Å². The van der Waals surface area contributed by atoms with Gasteiger partial charge >= 0.3 is 5.97 Å². The van der Waals surface area contributed by atoms with E-state index in [9.17, 15) is 4.79 Å². The van der Waals surface area contributed by atoms with Crippen LogP contribution in [0.2, 0.25) is 0 Å². The maximum atomic E-state index is 10.3. The summed E-state index contributed by atoms with van der Waals surface area (Å²) in [6, 6.07) is 0. The first-order chi connectivity index (χ1) is 4.92. The van der Waals surface area contributed by atoms with E-state index in [0.717, 1.165) is 0 Å². The molecule has 0 aromatic carbocycles. The lowest BCUT2D eigenvalue weighted by atomic mass is 9.82. The SMILES string of the molecule is C.C.C=C(O)C(C)(CC)CC(=O)O. The molecule has 2 N–H and O–H groups in total. The molecule has 0 amide bonds. The lowest BCUT2D eigenvalue weighted by Crippen LogP contribution is -2.21. The smallest absolute Gasteiger partial charge is 0.304 e. The predicted molar refractivity (Wildman–Crippen MR) is 55.9 cm³/mol. The molecule has 0 aliphatic heterocycles. The fraction of sp³-hybridized carbons (Fsp3) is 0.700. The molecular formula is C10H22O3. The summed E-state index contributed by atoms with van der Waals surface area (Å²) in [6.45, 7) is 6.85. The zero-order valence-corrected chi connectivity index (χ0v) is 6.92. The molecular weight excluding hydrogens is 168 g/mol. The highest BCUT2D eigenvalue weighted by atomic mass is 16.4. The topological polar surface area (TPSA) is 57.5 Å². The Hall–Kier alpha value is -0.990. The van der Waals surface area contributed by atoms with Gasteiger partial charge in [0.25, 0.3) is 0 Å². The molecule has 0 aromatic heterocycles. The lowest BCUT2D eigenvalue weighted by molar-refractivity contribution is -0.139. The third kappa shape index (κ3) is 5.28. The van der Waals surface area contributed by atoms with Gasteiger partial charge in [0.15, 0.2) is 0 Å². The van der Waals surface area contributed by atoms with E-state index in [2.05, 4.69) is 6.58 Å². The van der Waals surface area contributed by atoms with Crippen LogP contribution < -0.4 is 0 Å². The number of aliphatic hydroxyl groups excluding tert-OH is 1. The molecule has 3 nitrogen and oxygen atoms in total. The van der Waals surface area contributed by atoms with Crippen molar-refractivity contribution >= 4 is 5.97 Å². The van der Waals surface area contributed by atoms with Crippen molar-refractivity contribution < 1.29 is 15.0 Å². The summed E-state index contributed by atoms with van der Waals surface area (Å²) < 4.78 is 0. The Bertz CT molecular complexity index is 175. The number of carboxylic acids is 1. The minimum absolute atomic E-state index is 0. The van der Waals surface area contributed by atoms with E-state index in [1.54, 1.807) is 6.92 Å². The van der Waals surface area contributed by atoms with Gasteiger partial charge in [0.05, 0.1) is 12.2 Å². The number of carboxylic acid groups (broad SMARTS) is 1. The molecule has 0 aliphatic rings. The van der Waals surface area contributed by atoms with Crippen molar-refractivity contribution in [3.8, 4) is 0 Å². The molecule has 1 atom stereocenters. The molecule has 0 aromatic rings. The number of hydrogen-bond donors (Lipinski definition) is 2. The standard InChI is InChI=1S/C8H14O3.2CH4/c1-4-8(3,6(2)9)5-7(10)11;;/h9H,2,4-5H2,1,3H3,(H,10,11);2*1H4. The summed E-state index contributed by atoms with van der Waals surface area (Å²) in [5.74, 6) is -0.966. The van der Waals surface area contributed by atoms with Crippen LogP contribution in [0.15, 0.2) is 12.3 Å². The molecule has 0 radical (unpaired) electrons. The molecule has 0 saturated heterocycles. The van der Waals surface area contributed by atoms with Crippen LogP contribution in [0, 0.1) is 5.41 Å². The Morgan fingerprint density at radius 2 is 1.77 bits per heavy atom. The van der Waals surface area contributed by atoms with Gasteiger partial charge in [-0.25, -0.2) is 0 Å². The van der Waals surface area contributed by atoms with Crippen molar-refractivity contribution in [1.29, 1.82) is 0 Å². The van der Waals surface area contributed by atoms with Gasteiger partial charge in [0.1, 0.15) is 0 Å². The second-order valence-corrected chi connectivity index (χ2v) is 2.93. The summed E-state index contributed by atoms with van der Waals surface area (Å²) in [6.07, 6.45) is 0.507. The fourth-order valence-electron chi connectivity index (χ4n) is 0.765. The first kappa shape index (κ1) is 17.9. The lowest BCUT2D eigenvalue weighted by Gasteiger charge is -2.24. The fourth-order valence-corrected chi connectivity index (χ4v) is 0.765. The van der Waals surface area contributed by atoms with Crippen LogP contribution in [0.5, 0.6) is 0 Å². The summed E-state index contributed by atoms with van der Waals surface area (Å²) in [7, 11) is 0. The van der Waals surface area contributed by atoms with E-state index in [-0.39, 0.29) is 27.0 Å². The second kappa shape index (κ2) is 6.52. The number of aliphatic carboxylic acids is 1. The van der Waals surface area contributed by atoms with Gasteiger partial charge in [0.2, 0.25) is 0 Å². The zero-order chi connectivity index (χ0) is 9.07. The number of allylic oxidation sites excluding steroid dienone is 1. The summed E-state index contributed by atoms with van der Waals surface area (Å²) in [4.78, 5) is 10.3. The van der Waals surface area contributed by atoms with Crippen LogP contribution >= 0.6 is 0 Å². The van der Waals surface area contributed by atoms with Gasteiger partial charge in [0, 0.05) is 5.41 Å². The maximum absolute atomic E-state index is 10.3. The van der Waals surface area contributed by atoms with Crippen molar-refractivity contribution in [2.75, 3.05) is 0 Å². The van der Waals surface area contributed by atoms with E-state index >= 15 is 0 Å². The van der Waals surface area contributed by atoms with Crippen molar-refractivity contribution in [2.45, 2.75) is 41.5 Å². The van der Waals surface area contributed by atoms with Gasteiger partial charge in [-0.15, -0.1) is 0 Å². The van der Waals surface area contributed by atoms with Crippen LogP contribution in [0.3, 0.4) is 0 Å². The van der Waals surface area contributed by atoms with Gasteiger partial charge in [-0.1, -0.05) is 35.3 Å². The molecule has 0 fully saturated rings. The number of hydrogen-bond acceptors (Lipinski definition) is 2. The Labute approximate surface area is 81.1 Å². The molecule has 0 aliphatic carbocycles. The molecule has 13 heavy (non-hydrogen) atoms. The average molecular weight is 190 g/mol. The summed E-state index contributed by atoms with van der Waals surface area (Å²) >= 11 is 0. The second-order valence-electron chi connectivity index (χ2n) is 2.93. The zero-order valence-electron chi connectivity index (χ0n) is 6.92. The molecule has 3 heteroatoms. The van der Waals surface area contributed by atoms with E-state index in [1.807, 2.05) is 6.92 Å². The van der Waals surface area contributed by atoms with E-state index in [1.165, 1.54) is 0 Å². The highest BCUT2D eigenvalue weighted by molar-refractivity contribution is 5.68. The quantitative estimate of drug-likeness (QED) is 0.669. The third-order valence-electron chi connectivity index (χ3n) is 2.02. The van der Waals surface area contributed by atoms with Gasteiger partial charge in [-0.3, -0.25) is 4.79 Å². The van der Waals surface area contributed by atoms with Crippen molar-refractivity contribution in [3.05, 3.63) is 12.3 Å². The van der Waals surface area contributed by atoms with Crippen molar-refractivity contribution in [3.63, 3.8) is 0 Å². The summed E-state index contributed by atoms with van der Waals surface area (Å²) in [5, 5.41) is 17.5. The predicted octanol–water partition coefficient (Wildman–Crippen LogP) is 3.22. The van der Waals surface area contributed by atoms with E-state index in [4.69, 9.17) is 10.2 Å². The number of carbonyl (C=O) groups is 1.